The number of ether oxygens (including phenoxy) is 2. The maximum absolute atomic E-state index is 13.3. The smallest absolute Gasteiger partial charge is 0.243 e. The summed E-state index contributed by atoms with van der Waals surface area (Å²) in [6.07, 6.45) is 1.51. The second kappa shape index (κ2) is 7.47. The largest absolute Gasteiger partial charge is 0.497 e. The van der Waals surface area contributed by atoms with Gasteiger partial charge in [0.2, 0.25) is 10.0 Å². The van der Waals surface area contributed by atoms with Crippen LogP contribution in [0.25, 0.3) is 0 Å². The molecule has 0 aromatic heterocycles. The zero-order valence-electron chi connectivity index (χ0n) is 15.0. The minimum absolute atomic E-state index is 0.249. The highest BCUT2D eigenvalue weighted by Crippen LogP contribution is 2.42. The third-order valence-corrected chi connectivity index (χ3v) is 7.27. The molecule has 1 aliphatic rings. The van der Waals surface area contributed by atoms with Crippen molar-refractivity contribution in [2.75, 3.05) is 20.8 Å². The molecule has 0 saturated carbocycles. The maximum atomic E-state index is 13.3. The zero-order chi connectivity index (χ0) is 18.9. The van der Waals surface area contributed by atoms with Crippen molar-refractivity contribution in [2.24, 2.45) is 0 Å². The van der Waals surface area contributed by atoms with Gasteiger partial charge in [-0.3, -0.25) is 0 Å². The first kappa shape index (κ1) is 19.0. The molecule has 26 heavy (non-hydrogen) atoms. The highest BCUT2D eigenvalue weighted by atomic mass is 35.5. The monoisotopic (exact) mass is 395 g/mol. The average molecular weight is 396 g/mol. The van der Waals surface area contributed by atoms with E-state index in [0.29, 0.717) is 28.6 Å². The number of hydrogen-bond donors (Lipinski definition) is 0. The molecule has 1 heterocycles. The summed E-state index contributed by atoms with van der Waals surface area (Å²) in [7, 11) is -0.510. The molecule has 0 radical (unpaired) electrons. The van der Waals surface area contributed by atoms with Crippen molar-refractivity contribution in [2.45, 2.75) is 30.7 Å². The number of methoxy groups -OCH3 is 2. The Morgan fingerprint density at radius 1 is 1.15 bits per heavy atom. The van der Waals surface area contributed by atoms with Crippen LogP contribution in [0.3, 0.4) is 0 Å². The first-order valence-electron chi connectivity index (χ1n) is 8.39. The van der Waals surface area contributed by atoms with Gasteiger partial charge in [0.05, 0.1) is 25.2 Å². The lowest BCUT2D eigenvalue weighted by atomic mass is 10.0. The van der Waals surface area contributed by atoms with Crippen LogP contribution in [-0.2, 0) is 10.0 Å². The van der Waals surface area contributed by atoms with Crippen LogP contribution in [0.1, 0.15) is 30.0 Å². The Bertz CT molecular complexity index is 914. The molecule has 1 aliphatic heterocycles. The molecule has 7 heteroatoms. The van der Waals surface area contributed by atoms with E-state index in [2.05, 4.69) is 0 Å². The van der Waals surface area contributed by atoms with E-state index < -0.39 is 10.0 Å². The van der Waals surface area contributed by atoms with Crippen LogP contribution in [0.2, 0.25) is 5.02 Å². The molecule has 1 unspecified atom stereocenters. The van der Waals surface area contributed by atoms with E-state index >= 15 is 0 Å². The summed E-state index contributed by atoms with van der Waals surface area (Å²) in [4.78, 5) is 0.249. The van der Waals surface area contributed by atoms with Crippen molar-refractivity contribution in [3.63, 3.8) is 0 Å². The van der Waals surface area contributed by atoms with Crippen molar-refractivity contribution >= 4 is 21.6 Å². The van der Waals surface area contributed by atoms with E-state index in [9.17, 15) is 8.42 Å². The van der Waals surface area contributed by atoms with Gasteiger partial charge >= 0.3 is 0 Å². The summed E-state index contributed by atoms with van der Waals surface area (Å²) in [5, 5.41) is 0.445. The second-order valence-electron chi connectivity index (χ2n) is 6.24. The SMILES string of the molecule is COc1ccc(OC)c(C2CCCN2S(=O)(=O)c2cccc(Cl)c2C)c1. The fourth-order valence-corrected chi connectivity index (χ4v) is 5.59. The summed E-state index contributed by atoms with van der Waals surface area (Å²) in [6, 6.07) is 10.1. The van der Waals surface area contributed by atoms with E-state index in [1.807, 2.05) is 12.1 Å². The molecule has 2 aromatic carbocycles. The van der Waals surface area contributed by atoms with Gasteiger partial charge in [0, 0.05) is 17.1 Å². The van der Waals surface area contributed by atoms with E-state index in [4.69, 9.17) is 21.1 Å². The Kier molecular flexibility index (Phi) is 5.46. The standard InChI is InChI=1S/C19H22ClNO4S/c1-13-16(20)6-4-8-19(13)26(22,23)21-11-5-7-17(21)15-12-14(24-2)9-10-18(15)25-3/h4,6,8-10,12,17H,5,7,11H2,1-3H3. The summed E-state index contributed by atoms with van der Waals surface area (Å²) >= 11 is 6.15. The highest BCUT2D eigenvalue weighted by molar-refractivity contribution is 7.89. The van der Waals surface area contributed by atoms with Gasteiger partial charge < -0.3 is 9.47 Å². The van der Waals surface area contributed by atoms with Gasteiger partial charge in [-0.1, -0.05) is 17.7 Å². The molecule has 140 valence electrons. The fourth-order valence-electron chi connectivity index (χ4n) is 3.43. The molecule has 1 saturated heterocycles. The topological polar surface area (TPSA) is 55.8 Å². The van der Waals surface area contributed by atoms with Crippen molar-refractivity contribution in [3.05, 3.63) is 52.5 Å². The molecule has 1 fully saturated rings. The number of hydrogen-bond acceptors (Lipinski definition) is 4. The van der Waals surface area contributed by atoms with Gasteiger partial charge in [-0.25, -0.2) is 8.42 Å². The number of nitrogens with zero attached hydrogens (tertiary/aromatic N) is 1. The normalized spacial score (nSPS) is 18.1. The first-order chi connectivity index (χ1) is 12.4. The molecule has 1 atom stereocenters. The van der Waals surface area contributed by atoms with Gasteiger partial charge in [0.1, 0.15) is 11.5 Å². The third kappa shape index (κ3) is 3.29. The Hall–Kier alpha value is -1.76. The maximum Gasteiger partial charge on any atom is 0.243 e. The van der Waals surface area contributed by atoms with Gasteiger partial charge in [0.15, 0.2) is 0 Å². The second-order valence-corrected chi connectivity index (χ2v) is 8.51. The number of halogens is 1. The van der Waals surface area contributed by atoms with Crippen LogP contribution >= 0.6 is 11.6 Å². The molecule has 0 N–H and O–H groups in total. The number of sulfonamides is 1. The predicted octanol–water partition coefficient (Wildman–Crippen LogP) is 4.19. The number of rotatable bonds is 5. The lowest BCUT2D eigenvalue weighted by Crippen LogP contribution is -2.31. The zero-order valence-corrected chi connectivity index (χ0v) is 16.6. The van der Waals surface area contributed by atoms with Crippen LogP contribution in [-0.4, -0.2) is 33.5 Å². The van der Waals surface area contributed by atoms with Crippen LogP contribution in [0.5, 0.6) is 11.5 Å². The molecule has 0 spiro atoms. The fraction of sp³-hybridized carbons (Fsp3) is 0.368. The van der Waals surface area contributed by atoms with Gasteiger partial charge in [0.25, 0.3) is 0 Å². The highest BCUT2D eigenvalue weighted by Gasteiger charge is 2.38. The van der Waals surface area contributed by atoms with E-state index in [1.165, 1.54) is 0 Å². The van der Waals surface area contributed by atoms with Crippen molar-refractivity contribution in [1.29, 1.82) is 0 Å². The predicted molar refractivity (Wildman–Crippen MR) is 102 cm³/mol. The first-order valence-corrected chi connectivity index (χ1v) is 10.2. The molecule has 0 bridgehead atoms. The third-order valence-electron chi connectivity index (χ3n) is 4.80. The summed E-state index contributed by atoms with van der Waals surface area (Å²) in [5.41, 5.74) is 1.38. The molecule has 3 rings (SSSR count). The average Bonchev–Trinajstić information content (AvgIpc) is 3.13. The minimum Gasteiger partial charge on any atom is -0.497 e. The Balaban J connectivity index is 2.07. The molecule has 0 aliphatic carbocycles. The molecular formula is C19H22ClNO4S. The van der Waals surface area contributed by atoms with Crippen molar-refractivity contribution < 1.29 is 17.9 Å². The van der Waals surface area contributed by atoms with Gasteiger partial charge in [-0.2, -0.15) is 4.31 Å². The van der Waals surface area contributed by atoms with E-state index in [0.717, 1.165) is 18.4 Å². The van der Waals surface area contributed by atoms with Crippen LogP contribution < -0.4 is 9.47 Å². The van der Waals surface area contributed by atoms with Crippen LogP contribution in [0.4, 0.5) is 0 Å². The van der Waals surface area contributed by atoms with Crippen LogP contribution in [0, 0.1) is 6.92 Å². The summed E-state index contributed by atoms with van der Waals surface area (Å²) in [5.74, 6) is 1.32. The molecular weight excluding hydrogens is 374 g/mol. The Morgan fingerprint density at radius 3 is 2.62 bits per heavy atom. The Labute approximate surface area is 159 Å². The van der Waals surface area contributed by atoms with E-state index in [1.54, 1.807) is 49.7 Å². The van der Waals surface area contributed by atoms with Crippen LogP contribution in [0.15, 0.2) is 41.3 Å². The molecule has 0 amide bonds. The van der Waals surface area contributed by atoms with Crippen molar-refractivity contribution in [1.82, 2.24) is 4.31 Å². The summed E-state index contributed by atoms with van der Waals surface area (Å²) in [6.45, 7) is 2.19. The van der Waals surface area contributed by atoms with Crippen molar-refractivity contribution in [3.8, 4) is 11.5 Å². The van der Waals surface area contributed by atoms with Gasteiger partial charge in [-0.05, 0) is 55.7 Å². The quantitative estimate of drug-likeness (QED) is 0.761. The summed E-state index contributed by atoms with van der Waals surface area (Å²) < 4.78 is 39.0. The Morgan fingerprint density at radius 2 is 1.92 bits per heavy atom. The lowest BCUT2D eigenvalue weighted by Gasteiger charge is -2.26. The molecule has 2 aromatic rings. The van der Waals surface area contributed by atoms with Gasteiger partial charge in [-0.15, -0.1) is 0 Å². The lowest BCUT2D eigenvalue weighted by molar-refractivity contribution is 0.361. The molecule has 5 nitrogen and oxygen atoms in total. The number of benzene rings is 2. The minimum atomic E-state index is -3.68. The van der Waals surface area contributed by atoms with E-state index in [-0.39, 0.29) is 10.9 Å².